The van der Waals surface area contributed by atoms with Crippen LogP contribution in [-0.4, -0.2) is 213 Å². The maximum Gasteiger partial charge on any atom is 0.330 e. The Kier molecular flexibility index (Phi) is 61.4. The van der Waals surface area contributed by atoms with Crippen molar-refractivity contribution < 1.29 is 131 Å². The van der Waals surface area contributed by atoms with Gasteiger partial charge in [-0.15, -0.1) is 0 Å². The molecule has 30 heteroatoms. The van der Waals surface area contributed by atoms with Gasteiger partial charge in [0.05, 0.1) is 74.7 Å². The zero-order valence-corrected chi connectivity index (χ0v) is 80.1. The molecule has 0 aliphatic heterocycles. The number of hydrogen-bond acceptors (Lipinski definition) is 26. The average Bonchev–Trinajstić information content (AvgIpc) is 0.832. The number of ketones is 1. The van der Waals surface area contributed by atoms with Gasteiger partial charge in [0.15, 0.2) is 5.78 Å². The molecule has 0 radical (unpaired) electrons. The fourth-order valence-electron chi connectivity index (χ4n) is 10.7. The number of carboxylic acids is 3. The number of methoxy groups -OCH3 is 5. The molecule has 0 aliphatic carbocycles. The predicted molar refractivity (Wildman–Crippen MR) is 514 cm³/mol. The molecule has 7 aromatic rings. The largest absolute Gasteiger partial charge is 0.481 e. The van der Waals surface area contributed by atoms with Gasteiger partial charge in [0.2, 0.25) is 0 Å². The highest BCUT2D eigenvalue weighted by Gasteiger charge is 2.27. The maximum absolute atomic E-state index is 12.4. The molecular weight excluding hydrogens is 1730 g/mol. The summed E-state index contributed by atoms with van der Waals surface area (Å²) in [5.74, 6) is -4.44. The minimum Gasteiger partial charge on any atom is -0.481 e. The van der Waals surface area contributed by atoms with Crippen LogP contribution >= 0.6 is 7.14 Å². The summed E-state index contributed by atoms with van der Waals surface area (Å²) in [7, 11) is 4.42. The van der Waals surface area contributed by atoms with Crippen molar-refractivity contribution >= 4 is 116 Å². The molecule has 0 aliphatic rings. The highest BCUT2D eigenvalue weighted by atomic mass is 31.2. The number of carbonyl (C=O) groups excluding carboxylic acids is 10. The first-order valence-corrected chi connectivity index (χ1v) is 45.3. The van der Waals surface area contributed by atoms with E-state index in [-0.39, 0.29) is 86.4 Å². The smallest absolute Gasteiger partial charge is 0.330 e. The van der Waals surface area contributed by atoms with Crippen LogP contribution in [0.4, 0.5) is 0 Å². The molecule has 7 aromatic carbocycles. The number of ether oxygens (including phenoxy) is 7. The molecule has 0 unspecified atom stereocenters. The first-order chi connectivity index (χ1) is 62.7. The normalized spacial score (nSPS) is 11.4. The van der Waals surface area contributed by atoms with Crippen molar-refractivity contribution in [2.45, 2.75) is 157 Å². The second-order valence-corrected chi connectivity index (χ2v) is 36.1. The molecule has 0 amide bonds. The zero-order valence-electron chi connectivity index (χ0n) is 79.2. The molecule has 722 valence electrons. The quantitative estimate of drug-likeness (QED) is 0.00583. The van der Waals surface area contributed by atoms with Crippen molar-refractivity contribution in [2.75, 3.05) is 81.3 Å². The molecule has 7 rings (SSSR count). The van der Waals surface area contributed by atoms with E-state index in [9.17, 15) is 66.9 Å². The van der Waals surface area contributed by atoms with Gasteiger partial charge in [0.1, 0.15) is 42.5 Å². The number of benzene rings is 7. The summed E-state index contributed by atoms with van der Waals surface area (Å²) in [6.07, 6.45) is 21.0. The van der Waals surface area contributed by atoms with Gasteiger partial charge in [-0.1, -0.05) is 204 Å². The van der Waals surface area contributed by atoms with Gasteiger partial charge in [-0.05, 0) is 215 Å². The molecule has 0 aromatic heterocycles. The molecule has 0 fully saturated rings. The van der Waals surface area contributed by atoms with E-state index in [1.165, 1.54) is 65.9 Å². The van der Waals surface area contributed by atoms with Crippen molar-refractivity contribution in [1.29, 1.82) is 0 Å². The van der Waals surface area contributed by atoms with Crippen LogP contribution in [0.2, 0.25) is 0 Å². The Morgan fingerprint density at radius 1 is 0.376 bits per heavy atom. The lowest BCUT2D eigenvalue weighted by Gasteiger charge is -2.25. The van der Waals surface area contributed by atoms with Gasteiger partial charge in [-0.25, -0.2) is 19.2 Å². The number of aliphatic hydroxyl groups is 3. The van der Waals surface area contributed by atoms with E-state index in [1.54, 1.807) is 117 Å². The summed E-state index contributed by atoms with van der Waals surface area (Å²) in [4.78, 5) is 141. The van der Waals surface area contributed by atoms with Gasteiger partial charge < -0.3 is 83.8 Å². The van der Waals surface area contributed by atoms with Crippen LogP contribution in [0.15, 0.2) is 200 Å². The van der Waals surface area contributed by atoms with Crippen LogP contribution in [0.25, 0.3) is 30.4 Å². The zero-order chi connectivity index (χ0) is 100. The van der Waals surface area contributed by atoms with Crippen molar-refractivity contribution in [3.05, 3.63) is 278 Å². The molecule has 0 bridgehead atoms. The van der Waals surface area contributed by atoms with Crippen molar-refractivity contribution in [2.24, 2.45) is 11.8 Å². The van der Waals surface area contributed by atoms with E-state index in [0.717, 1.165) is 105 Å². The molecule has 29 nitrogen and oxygen atoms in total. The maximum atomic E-state index is 12.4. The lowest BCUT2D eigenvalue weighted by molar-refractivity contribution is -0.159. The van der Waals surface area contributed by atoms with Crippen LogP contribution in [0.1, 0.15) is 165 Å². The Morgan fingerprint density at radius 2 is 0.647 bits per heavy atom. The highest BCUT2D eigenvalue weighted by molar-refractivity contribution is 7.63. The Morgan fingerprint density at radius 3 is 0.880 bits per heavy atom. The van der Waals surface area contributed by atoms with E-state index in [4.69, 9.17) is 40.1 Å². The number of aldehydes is 2. The molecular formula is C103H133N2O27P. The molecule has 0 heterocycles. The fraction of sp³-hybridized carbons (Fsp3) is 0.369. The van der Waals surface area contributed by atoms with Crippen LogP contribution < -0.4 is 10.6 Å². The number of rotatable bonds is 39. The first kappa shape index (κ1) is 120. The standard InChI is InChI=1S/2C22H33NO4.C12H12O4.C12H14O3.C12H12O3.C9H10O3.C9H8O3.C5H11O3P/c1-16(2)15-19(21(25)27-22(3,4)5)23-14-13-18-9-7-17(8-10-18)11-12-20(24)26-6;1-16(2)14-20(21(26)27-22(3,4)5)23-13-12-18-8-6-17(7-9-18)10-11-19(25)15-24;1-16-12(15)7-6-9-2-4-10(5-3-9)8-11(13)14;2*1-15-12(14)7-6-10-2-4-11(5-3-10)8-9-13;2*10-6-8-3-1-7(2-4-8)5-9(11)12;1-8-5(6)4-9(2,3)7/h7-12,16,19,23H,13-15H2,1-6H3;6-11,16,20,23-24H,12-15H2,1-5H3;2-7H,8H2,1H3,(H,13,14);2-7,13H,8-9H2,1H3;2-7,9H,8H2,1H3;1-4,10H,5-6H2,(H,11,12);1-4,6H,5H2,(H,11,12);4H2,1-3H3/b12-11+;11-10+;3*7-6+;;;/t19-;20-;;;;;;/m00....../s1. The average molecular weight is 1860 g/mol. The molecule has 0 saturated heterocycles. The van der Waals surface area contributed by atoms with E-state index in [0.29, 0.717) is 48.9 Å². The molecule has 133 heavy (non-hydrogen) atoms. The van der Waals surface area contributed by atoms with Gasteiger partial charge in [0, 0.05) is 42.9 Å². The Balaban J connectivity index is 0.00000154. The van der Waals surface area contributed by atoms with E-state index < -0.39 is 54.8 Å². The van der Waals surface area contributed by atoms with E-state index >= 15 is 0 Å². The first-order valence-electron chi connectivity index (χ1n) is 42.5. The van der Waals surface area contributed by atoms with E-state index in [2.05, 4.69) is 62.0 Å². The summed E-state index contributed by atoms with van der Waals surface area (Å²) >= 11 is 0. The van der Waals surface area contributed by atoms with Gasteiger partial charge in [-0.3, -0.25) is 38.4 Å². The predicted octanol–water partition coefficient (Wildman–Crippen LogP) is 14.1. The summed E-state index contributed by atoms with van der Waals surface area (Å²) in [6.45, 7) is 23.8. The monoisotopic (exact) mass is 1860 g/mol. The number of hydrogen-bond donors (Lipinski definition) is 8. The molecule has 2 atom stereocenters. The van der Waals surface area contributed by atoms with Crippen LogP contribution in [0.5, 0.6) is 0 Å². The summed E-state index contributed by atoms with van der Waals surface area (Å²) in [6, 6.07) is 50.5. The topological polar surface area (TPSA) is 449 Å². The number of carbonyl (C=O) groups is 13. The Labute approximate surface area is 781 Å². The van der Waals surface area contributed by atoms with Crippen LogP contribution in [0, 0.1) is 11.8 Å². The summed E-state index contributed by atoms with van der Waals surface area (Å²) in [5.41, 5.74) is 11.4. The second-order valence-electron chi connectivity index (χ2n) is 32.6. The molecule has 0 spiro atoms. The lowest BCUT2D eigenvalue weighted by atomic mass is 10.0. The number of carboxylic acid groups (broad SMARTS) is 3. The van der Waals surface area contributed by atoms with Crippen molar-refractivity contribution in [1.82, 2.24) is 10.6 Å². The Hall–Kier alpha value is -13.0. The highest BCUT2D eigenvalue weighted by Crippen LogP contribution is 2.35. The number of esters is 7. The van der Waals surface area contributed by atoms with Gasteiger partial charge in [0.25, 0.3) is 0 Å². The third-order valence-corrected chi connectivity index (χ3v) is 18.2. The number of aliphatic carboxylic acids is 3. The van der Waals surface area contributed by atoms with Crippen LogP contribution in [-0.2, 0) is 147 Å². The number of nitrogens with one attached hydrogen (secondary N) is 2. The third-order valence-electron chi connectivity index (χ3n) is 17.2. The summed E-state index contributed by atoms with van der Waals surface area (Å²) in [5, 5.41) is 58.2. The molecule has 0 saturated carbocycles. The van der Waals surface area contributed by atoms with Gasteiger partial charge in [-0.2, -0.15) is 0 Å². The second kappa shape index (κ2) is 68.1. The van der Waals surface area contributed by atoms with Crippen molar-refractivity contribution in [3.63, 3.8) is 0 Å². The SMILES string of the molecule is CC(C)C[C@H](NCCc1ccc(/C=C/C(=O)CO)cc1)C(=O)OC(C)(C)C.COC(=O)/C=C/c1ccc(CC(=O)O)cc1.COC(=O)/C=C/c1ccc(CC=O)cc1.COC(=O)/C=C/c1ccc(CCN[C@@H](CC(C)C)C(=O)OC(C)(C)C)cc1.COC(=O)/C=C/c1ccc(CCO)cc1.COC(=O)CP(C)(C)=O.O=C(O)Cc1ccc(CO)cc1.O=Cc1ccc(CC(=O)O)cc1. The minimum absolute atomic E-state index is 0.000856. The van der Waals surface area contributed by atoms with Crippen LogP contribution in [0.3, 0.4) is 0 Å². The van der Waals surface area contributed by atoms with E-state index in [1.807, 2.05) is 139 Å². The lowest BCUT2D eigenvalue weighted by Crippen LogP contribution is -2.42. The van der Waals surface area contributed by atoms with Crippen molar-refractivity contribution in [3.8, 4) is 0 Å². The third kappa shape index (κ3) is 64.4. The minimum atomic E-state index is -2.21. The fourth-order valence-corrected chi connectivity index (χ4v) is 11.4. The summed E-state index contributed by atoms with van der Waals surface area (Å²) < 4.78 is 44.2. The molecule has 8 N–H and O–H groups in total. The van der Waals surface area contributed by atoms with Gasteiger partial charge >= 0.3 is 59.7 Å². The number of aliphatic hydroxyl groups excluding tert-OH is 3. The Bertz CT molecular complexity index is 4750.